The minimum atomic E-state index is -0.776. The smallest absolute Gasteiger partial charge is 0.234 e. The van der Waals surface area contributed by atoms with Crippen LogP contribution in [-0.2, 0) is 19.2 Å². The predicted molar refractivity (Wildman–Crippen MR) is 143 cm³/mol. The lowest BCUT2D eigenvalue weighted by Gasteiger charge is -2.44. The molecule has 5 fully saturated rings. The summed E-state index contributed by atoms with van der Waals surface area (Å²) in [6.07, 6.45) is 12.0. The first kappa shape index (κ1) is 25.9. The van der Waals surface area contributed by atoms with Crippen LogP contribution in [0.5, 0.6) is 5.75 Å². The Morgan fingerprint density at radius 3 is 1.90 bits per heavy atom. The van der Waals surface area contributed by atoms with Crippen molar-refractivity contribution in [2.75, 3.05) is 0 Å². The Morgan fingerprint density at radius 1 is 0.700 bits per heavy atom. The topological polar surface area (TPSA) is 95.0 Å². The van der Waals surface area contributed by atoms with E-state index in [9.17, 15) is 28.7 Å². The third-order valence-electron chi connectivity index (χ3n) is 10.9. The van der Waals surface area contributed by atoms with Gasteiger partial charge in [-0.15, -0.1) is 0 Å². The summed E-state index contributed by atoms with van der Waals surface area (Å²) in [4.78, 5) is 58.7. The van der Waals surface area contributed by atoms with Crippen LogP contribution in [0.4, 0.5) is 4.39 Å². The van der Waals surface area contributed by atoms with Crippen molar-refractivity contribution >= 4 is 23.6 Å². The molecule has 0 aromatic heterocycles. The fraction of sp³-hybridized carbons (Fsp3) is 0.625. The van der Waals surface area contributed by atoms with Crippen LogP contribution in [0.25, 0.3) is 0 Å². The quantitative estimate of drug-likeness (QED) is 0.431. The number of hydrogen-bond acceptors (Lipinski definition) is 5. The van der Waals surface area contributed by atoms with Crippen molar-refractivity contribution in [2.45, 2.75) is 95.1 Å². The molecule has 40 heavy (non-hydrogen) atoms. The number of likely N-dealkylation sites (tertiary alicyclic amines) is 2. The predicted octanol–water partition coefficient (Wildman–Crippen LogP) is 4.83. The zero-order valence-electron chi connectivity index (χ0n) is 22.8. The highest BCUT2D eigenvalue weighted by atomic mass is 19.1. The molecule has 6 aliphatic rings. The first-order valence-corrected chi connectivity index (χ1v) is 15.3. The number of halogens is 1. The number of para-hydroxylation sites is 1. The molecule has 3 saturated carbocycles. The van der Waals surface area contributed by atoms with Gasteiger partial charge in [0.15, 0.2) is 11.6 Å². The standard InChI is InChI=1S/C32H37FN2O5/c33-24-13-7-12-20(28(24)36)25-19-14-15-21-26(31(39)34(29(21)37)17-8-3-1-4-9-17)22(19)16-23-27(25)32(40)35(30(23)38)18-10-5-2-6-11-18/h7,12-14,17-18,21-23,25-27,36H,1-6,8-11,15-16H2/t21-,22+,23+,25+,26-,27+/m0/s1. The van der Waals surface area contributed by atoms with Crippen LogP contribution in [-0.4, -0.2) is 50.6 Å². The van der Waals surface area contributed by atoms with E-state index in [0.717, 1.165) is 69.8 Å². The lowest BCUT2D eigenvalue weighted by molar-refractivity contribution is -0.145. The monoisotopic (exact) mass is 548 g/mol. The van der Waals surface area contributed by atoms with Gasteiger partial charge >= 0.3 is 0 Å². The van der Waals surface area contributed by atoms with E-state index in [1.807, 2.05) is 6.08 Å². The Morgan fingerprint density at radius 2 is 1.27 bits per heavy atom. The maximum absolute atomic E-state index is 14.7. The molecule has 2 saturated heterocycles. The maximum atomic E-state index is 14.7. The number of nitrogens with zero attached hydrogens (tertiary/aromatic N) is 2. The highest BCUT2D eigenvalue weighted by molar-refractivity contribution is 6.08. The minimum absolute atomic E-state index is 0.0707. The average molecular weight is 549 g/mol. The molecule has 1 aromatic carbocycles. The van der Waals surface area contributed by atoms with Gasteiger partial charge in [0.25, 0.3) is 0 Å². The summed E-state index contributed by atoms with van der Waals surface area (Å²) >= 11 is 0. The van der Waals surface area contributed by atoms with E-state index in [1.165, 1.54) is 21.9 Å². The Kier molecular flexibility index (Phi) is 6.35. The minimum Gasteiger partial charge on any atom is -0.505 e. The number of rotatable bonds is 3. The number of fused-ring (bicyclic) bond motifs is 4. The number of aromatic hydroxyl groups is 1. The lowest BCUT2D eigenvalue weighted by atomic mass is 9.57. The van der Waals surface area contributed by atoms with Gasteiger partial charge in [-0.1, -0.05) is 62.3 Å². The van der Waals surface area contributed by atoms with Gasteiger partial charge in [-0.25, -0.2) is 4.39 Å². The molecule has 0 spiro atoms. The van der Waals surface area contributed by atoms with Crippen LogP contribution in [0.1, 0.15) is 88.5 Å². The summed E-state index contributed by atoms with van der Waals surface area (Å²) in [5, 5.41) is 10.9. The lowest BCUT2D eigenvalue weighted by Crippen LogP contribution is -2.44. The third-order valence-corrected chi connectivity index (χ3v) is 10.9. The van der Waals surface area contributed by atoms with Gasteiger partial charge < -0.3 is 5.11 Å². The molecule has 7 nitrogen and oxygen atoms in total. The van der Waals surface area contributed by atoms with Crippen molar-refractivity contribution in [3.05, 3.63) is 41.2 Å². The second-order valence-electron chi connectivity index (χ2n) is 12.9. The summed E-state index contributed by atoms with van der Waals surface area (Å²) < 4.78 is 14.7. The highest BCUT2D eigenvalue weighted by Gasteiger charge is 2.63. The molecule has 0 radical (unpaired) electrons. The van der Waals surface area contributed by atoms with Gasteiger partial charge in [0, 0.05) is 23.6 Å². The first-order valence-electron chi connectivity index (χ1n) is 15.3. The highest BCUT2D eigenvalue weighted by Crippen LogP contribution is 2.59. The summed E-state index contributed by atoms with van der Waals surface area (Å²) in [6.45, 7) is 0. The van der Waals surface area contributed by atoms with Crippen molar-refractivity contribution < 1.29 is 28.7 Å². The second-order valence-corrected chi connectivity index (χ2v) is 12.9. The van der Waals surface area contributed by atoms with E-state index in [-0.39, 0.29) is 41.3 Å². The van der Waals surface area contributed by atoms with Gasteiger partial charge in [-0.2, -0.15) is 0 Å². The van der Waals surface area contributed by atoms with Crippen molar-refractivity contribution in [3.8, 4) is 5.75 Å². The fourth-order valence-electron chi connectivity index (χ4n) is 9.17. The number of phenolic OH excluding ortho intramolecular Hbond substituents is 1. The van der Waals surface area contributed by atoms with Crippen molar-refractivity contribution in [1.29, 1.82) is 0 Å². The number of allylic oxidation sites excluding steroid dienone is 2. The molecule has 0 unspecified atom stereocenters. The van der Waals surface area contributed by atoms with Crippen molar-refractivity contribution in [2.24, 2.45) is 29.6 Å². The Hall–Kier alpha value is -3.03. The van der Waals surface area contributed by atoms with Crippen molar-refractivity contribution in [3.63, 3.8) is 0 Å². The normalized spacial score (nSPS) is 35.1. The second kappa shape index (κ2) is 9.81. The molecule has 2 aliphatic heterocycles. The SMILES string of the molecule is O=C1[C@H]2[C@H](CC=C3[C@H]2C[C@H]2C(=O)N(C4CCCCC4)C(=O)[C@H]2[C@H]3c2cccc(F)c2O)C(=O)N1C1CCCCC1. The molecular formula is C32H37FN2O5. The van der Waals surface area contributed by atoms with E-state index in [2.05, 4.69) is 0 Å². The van der Waals surface area contributed by atoms with E-state index in [4.69, 9.17) is 0 Å². The number of amides is 4. The zero-order valence-corrected chi connectivity index (χ0v) is 22.8. The number of benzene rings is 1. The molecule has 4 aliphatic carbocycles. The van der Waals surface area contributed by atoms with Gasteiger partial charge in [-0.3, -0.25) is 29.0 Å². The van der Waals surface area contributed by atoms with Crippen molar-refractivity contribution in [1.82, 2.24) is 9.80 Å². The van der Waals surface area contributed by atoms with E-state index < -0.39 is 47.1 Å². The molecule has 1 N–H and O–H groups in total. The molecule has 8 heteroatoms. The largest absolute Gasteiger partial charge is 0.505 e. The number of hydrogen-bond donors (Lipinski definition) is 1. The number of imide groups is 2. The molecular weight excluding hydrogens is 511 g/mol. The molecule has 2 heterocycles. The van der Waals surface area contributed by atoms with E-state index in [1.54, 1.807) is 6.07 Å². The summed E-state index contributed by atoms with van der Waals surface area (Å²) in [5.74, 6) is -5.56. The molecule has 7 rings (SSSR count). The third kappa shape index (κ3) is 3.73. The van der Waals surface area contributed by atoms with Crippen LogP contribution < -0.4 is 0 Å². The van der Waals surface area contributed by atoms with Crippen LogP contribution >= 0.6 is 0 Å². The Balaban J connectivity index is 1.30. The molecule has 1 aromatic rings. The summed E-state index contributed by atoms with van der Waals surface area (Å²) in [6, 6.07) is 4.12. The number of carbonyl (C=O) groups is 4. The molecule has 6 atom stereocenters. The van der Waals surface area contributed by atoms with E-state index in [0.29, 0.717) is 12.8 Å². The van der Waals surface area contributed by atoms with Crippen LogP contribution in [0.15, 0.2) is 29.8 Å². The molecule has 212 valence electrons. The summed E-state index contributed by atoms with van der Waals surface area (Å²) in [7, 11) is 0. The average Bonchev–Trinajstić information content (AvgIpc) is 3.38. The number of phenols is 1. The molecule has 4 amide bonds. The fourth-order valence-corrected chi connectivity index (χ4v) is 9.17. The van der Waals surface area contributed by atoms with Gasteiger partial charge in [0.1, 0.15) is 0 Å². The van der Waals surface area contributed by atoms with Crippen LogP contribution in [0, 0.1) is 35.4 Å². The summed E-state index contributed by atoms with van der Waals surface area (Å²) in [5.41, 5.74) is 1.10. The Bertz CT molecular complexity index is 1300. The number of carbonyl (C=O) groups excluding carboxylic acids is 4. The van der Waals surface area contributed by atoms with Gasteiger partial charge in [-0.05, 0) is 50.5 Å². The Labute approximate surface area is 233 Å². The van der Waals surface area contributed by atoms with Gasteiger partial charge in [0.2, 0.25) is 23.6 Å². The van der Waals surface area contributed by atoms with E-state index >= 15 is 0 Å². The van der Waals surface area contributed by atoms with Crippen LogP contribution in [0.2, 0.25) is 0 Å². The van der Waals surface area contributed by atoms with Gasteiger partial charge in [0.05, 0.1) is 23.7 Å². The van der Waals surface area contributed by atoms with Crippen LogP contribution in [0.3, 0.4) is 0 Å². The first-order chi connectivity index (χ1) is 19.4. The molecule has 0 bridgehead atoms. The zero-order chi connectivity index (χ0) is 27.7. The maximum Gasteiger partial charge on any atom is 0.234 e.